The van der Waals surface area contributed by atoms with Crippen molar-refractivity contribution in [1.82, 2.24) is 19.6 Å². The summed E-state index contributed by atoms with van der Waals surface area (Å²) in [6, 6.07) is 8.02. The fourth-order valence-electron chi connectivity index (χ4n) is 3.29. The molecule has 0 bridgehead atoms. The molecule has 5 nitrogen and oxygen atoms in total. The lowest BCUT2D eigenvalue weighted by atomic mass is 10.1. The number of aryl methyl sites for hydroxylation is 3. The van der Waals surface area contributed by atoms with Crippen LogP contribution >= 0.6 is 0 Å². The van der Waals surface area contributed by atoms with Gasteiger partial charge in [0.25, 0.3) is 5.91 Å². The Labute approximate surface area is 150 Å². The summed E-state index contributed by atoms with van der Waals surface area (Å²) in [5.41, 5.74) is 4.46. The Bertz CT molecular complexity index is 712. The Hall–Kier alpha value is -2.14. The molecule has 0 atom stereocenters. The number of hydrogen-bond acceptors (Lipinski definition) is 3. The molecule has 0 radical (unpaired) electrons. The highest BCUT2D eigenvalue weighted by Gasteiger charge is 2.22. The van der Waals surface area contributed by atoms with Gasteiger partial charge < -0.3 is 4.90 Å². The number of carbonyl (C=O) groups is 1. The molecule has 2 aromatic rings. The van der Waals surface area contributed by atoms with Crippen LogP contribution < -0.4 is 0 Å². The van der Waals surface area contributed by atoms with E-state index in [4.69, 9.17) is 0 Å². The van der Waals surface area contributed by atoms with Crippen molar-refractivity contribution in [2.45, 2.75) is 40.3 Å². The number of nitrogens with zero attached hydrogens (tertiary/aromatic N) is 4. The van der Waals surface area contributed by atoms with Gasteiger partial charge in [0, 0.05) is 56.6 Å². The predicted octanol–water partition coefficient (Wildman–Crippen LogP) is 2.73. The molecule has 0 unspecified atom stereocenters. The van der Waals surface area contributed by atoms with Gasteiger partial charge in [-0.15, -0.1) is 0 Å². The number of aromatic nitrogens is 2. The molecule has 1 aliphatic rings. The summed E-state index contributed by atoms with van der Waals surface area (Å²) in [5, 5.41) is 4.52. The van der Waals surface area contributed by atoms with Crippen LogP contribution in [0.2, 0.25) is 0 Å². The standard InChI is InChI=1S/C20H28N4O/c1-4-17-6-8-18(9-7-17)20(25)23-12-10-22(11-13-23)14-19-15-24(5-2)21-16(19)3/h6-9,15H,4-5,10-14H2,1-3H3. The van der Waals surface area contributed by atoms with E-state index >= 15 is 0 Å². The van der Waals surface area contributed by atoms with E-state index in [9.17, 15) is 4.79 Å². The first-order chi connectivity index (χ1) is 12.1. The second-order valence-electron chi connectivity index (χ2n) is 6.71. The quantitative estimate of drug-likeness (QED) is 0.840. The maximum atomic E-state index is 12.7. The third-order valence-corrected chi connectivity index (χ3v) is 5.03. The zero-order valence-corrected chi connectivity index (χ0v) is 15.5. The summed E-state index contributed by atoms with van der Waals surface area (Å²) in [7, 11) is 0. The van der Waals surface area contributed by atoms with Crippen molar-refractivity contribution in [1.29, 1.82) is 0 Å². The van der Waals surface area contributed by atoms with Gasteiger partial charge in [-0.25, -0.2) is 0 Å². The molecule has 1 aliphatic heterocycles. The molecule has 1 aromatic heterocycles. The SMILES string of the molecule is CCc1ccc(C(=O)N2CCN(Cc3cn(CC)nc3C)CC2)cc1. The Morgan fingerprint density at radius 3 is 2.32 bits per heavy atom. The average Bonchev–Trinajstić information content (AvgIpc) is 3.01. The number of hydrogen-bond donors (Lipinski definition) is 0. The van der Waals surface area contributed by atoms with Crippen LogP contribution in [0.3, 0.4) is 0 Å². The molecule has 1 saturated heterocycles. The molecule has 2 heterocycles. The zero-order valence-electron chi connectivity index (χ0n) is 15.5. The van der Waals surface area contributed by atoms with E-state index in [1.165, 1.54) is 11.1 Å². The molecular formula is C20H28N4O. The third kappa shape index (κ3) is 4.10. The molecule has 0 saturated carbocycles. The molecular weight excluding hydrogens is 312 g/mol. The van der Waals surface area contributed by atoms with Crippen molar-refractivity contribution in [3.8, 4) is 0 Å². The van der Waals surface area contributed by atoms with E-state index in [0.717, 1.165) is 56.9 Å². The zero-order chi connectivity index (χ0) is 17.8. The summed E-state index contributed by atoms with van der Waals surface area (Å²) in [6.07, 6.45) is 3.14. The van der Waals surface area contributed by atoms with E-state index in [2.05, 4.69) is 49.1 Å². The van der Waals surface area contributed by atoms with Gasteiger partial charge in [0.05, 0.1) is 5.69 Å². The summed E-state index contributed by atoms with van der Waals surface area (Å²) < 4.78 is 1.99. The maximum absolute atomic E-state index is 12.7. The molecule has 1 aromatic carbocycles. The number of benzene rings is 1. The van der Waals surface area contributed by atoms with Crippen LogP contribution in [0.4, 0.5) is 0 Å². The van der Waals surface area contributed by atoms with Crippen LogP contribution in [0.25, 0.3) is 0 Å². The van der Waals surface area contributed by atoms with Crippen molar-refractivity contribution in [2.75, 3.05) is 26.2 Å². The Kier molecular flexibility index (Phi) is 5.53. The third-order valence-electron chi connectivity index (χ3n) is 5.03. The lowest BCUT2D eigenvalue weighted by molar-refractivity contribution is 0.0628. The molecule has 0 spiro atoms. The fraction of sp³-hybridized carbons (Fsp3) is 0.500. The van der Waals surface area contributed by atoms with Crippen molar-refractivity contribution in [3.05, 3.63) is 52.8 Å². The molecule has 25 heavy (non-hydrogen) atoms. The minimum absolute atomic E-state index is 0.150. The van der Waals surface area contributed by atoms with Crippen LogP contribution in [0.1, 0.15) is 41.0 Å². The summed E-state index contributed by atoms with van der Waals surface area (Å²) in [5.74, 6) is 0.150. The number of amides is 1. The first-order valence-electron chi connectivity index (χ1n) is 9.24. The lowest BCUT2D eigenvalue weighted by Gasteiger charge is -2.34. The topological polar surface area (TPSA) is 41.4 Å². The van der Waals surface area contributed by atoms with E-state index in [1.54, 1.807) is 0 Å². The van der Waals surface area contributed by atoms with Crippen LogP contribution in [0.5, 0.6) is 0 Å². The second kappa shape index (κ2) is 7.83. The van der Waals surface area contributed by atoms with Gasteiger partial charge in [-0.2, -0.15) is 5.10 Å². The maximum Gasteiger partial charge on any atom is 0.253 e. The lowest BCUT2D eigenvalue weighted by Crippen LogP contribution is -2.48. The molecule has 3 rings (SSSR count). The normalized spacial score (nSPS) is 15.6. The van der Waals surface area contributed by atoms with Crippen LogP contribution in [0.15, 0.2) is 30.5 Å². The van der Waals surface area contributed by atoms with Gasteiger partial charge in [-0.3, -0.25) is 14.4 Å². The second-order valence-corrected chi connectivity index (χ2v) is 6.71. The van der Waals surface area contributed by atoms with E-state index in [0.29, 0.717) is 0 Å². The van der Waals surface area contributed by atoms with E-state index in [-0.39, 0.29) is 5.91 Å². The summed E-state index contributed by atoms with van der Waals surface area (Å²) in [6.45, 7) is 11.5. The molecule has 1 fully saturated rings. The molecule has 5 heteroatoms. The monoisotopic (exact) mass is 340 g/mol. The van der Waals surface area contributed by atoms with Crippen molar-refractivity contribution in [3.63, 3.8) is 0 Å². The first-order valence-corrected chi connectivity index (χ1v) is 9.24. The highest BCUT2D eigenvalue weighted by molar-refractivity contribution is 5.94. The molecule has 1 amide bonds. The van der Waals surface area contributed by atoms with Gasteiger partial charge in [0.1, 0.15) is 0 Å². The minimum Gasteiger partial charge on any atom is -0.336 e. The highest BCUT2D eigenvalue weighted by atomic mass is 16.2. The Balaban J connectivity index is 1.55. The van der Waals surface area contributed by atoms with Crippen molar-refractivity contribution in [2.24, 2.45) is 0 Å². The Morgan fingerprint density at radius 2 is 1.76 bits per heavy atom. The van der Waals surface area contributed by atoms with Gasteiger partial charge in [0.2, 0.25) is 0 Å². The number of piperazine rings is 1. The number of carbonyl (C=O) groups excluding carboxylic acids is 1. The van der Waals surface area contributed by atoms with Crippen LogP contribution in [-0.2, 0) is 19.5 Å². The number of rotatable bonds is 5. The molecule has 0 aliphatic carbocycles. The predicted molar refractivity (Wildman–Crippen MR) is 99.6 cm³/mol. The minimum atomic E-state index is 0.150. The smallest absolute Gasteiger partial charge is 0.253 e. The van der Waals surface area contributed by atoms with Gasteiger partial charge in [-0.05, 0) is 38.0 Å². The fourth-order valence-corrected chi connectivity index (χ4v) is 3.29. The van der Waals surface area contributed by atoms with Gasteiger partial charge in [0.15, 0.2) is 0 Å². The van der Waals surface area contributed by atoms with E-state index in [1.807, 2.05) is 21.7 Å². The van der Waals surface area contributed by atoms with Gasteiger partial charge in [-0.1, -0.05) is 19.1 Å². The molecule has 134 valence electrons. The van der Waals surface area contributed by atoms with Crippen molar-refractivity contribution >= 4 is 5.91 Å². The van der Waals surface area contributed by atoms with E-state index < -0.39 is 0 Å². The molecule has 0 N–H and O–H groups in total. The summed E-state index contributed by atoms with van der Waals surface area (Å²) in [4.78, 5) is 17.0. The first kappa shape index (κ1) is 17.7. The van der Waals surface area contributed by atoms with Gasteiger partial charge >= 0.3 is 0 Å². The largest absolute Gasteiger partial charge is 0.336 e. The highest BCUT2D eigenvalue weighted by Crippen LogP contribution is 2.14. The summed E-state index contributed by atoms with van der Waals surface area (Å²) >= 11 is 0. The van der Waals surface area contributed by atoms with Crippen LogP contribution in [-0.4, -0.2) is 51.7 Å². The Morgan fingerprint density at radius 1 is 1.08 bits per heavy atom. The van der Waals surface area contributed by atoms with Crippen LogP contribution in [0, 0.1) is 6.92 Å². The average molecular weight is 340 g/mol. The van der Waals surface area contributed by atoms with Crippen molar-refractivity contribution < 1.29 is 4.79 Å².